The molecule has 0 saturated heterocycles. The Morgan fingerprint density at radius 2 is 1.89 bits per heavy atom. The summed E-state index contributed by atoms with van der Waals surface area (Å²) in [6.45, 7) is 0. The molecule has 0 fully saturated rings. The monoisotopic (exact) mass is 385 g/mol. The molecule has 3 nitrogen and oxygen atoms in total. The van der Waals surface area contributed by atoms with Gasteiger partial charge in [0.15, 0.2) is 0 Å². The van der Waals surface area contributed by atoms with Gasteiger partial charge >= 0.3 is 0 Å². The third-order valence-electron chi connectivity index (χ3n) is 2.83. The van der Waals surface area contributed by atoms with Crippen LogP contribution in [0.3, 0.4) is 0 Å². The normalized spacial score (nSPS) is 10.5. The minimum Gasteiger partial charge on any atom is -0.497 e. The van der Waals surface area contributed by atoms with Crippen LogP contribution in [-0.4, -0.2) is 17.0 Å². The molecule has 0 atom stereocenters. The van der Waals surface area contributed by atoms with Crippen LogP contribution in [0, 0.1) is 0 Å². The topological polar surface area (TPSA) is 31.2 Å². The van der Waals surface area contributed by atoms with Crippen LogP contribution in [0.25, 0.3) is 5.69 Å². The van der Waals surface area contributed by atoms with Crippen molar-refractivity contribution < 1.29 is 4.74 Å². The van der Waals surface area contributed by atoms with E-state index in [0.29, 0.717) is 6.42 Å². The molecule has 2 aromatic rings. The second-order valence-corrected chi connectivity index (χ2v) is 5.60. The number of halogens is 2. The zero-order valence-corrected chi connectivity index (χ0v) is 13.6. The summed E-state index contributed by atoms with van der Waals surface area (Å²) in [6.07, 6.45) is 2.46. The van der Waals surface area contributed by atoms with Crippen molar-refractivity contribution in [1.29, 1.82) is 0 Å². The van der Waals surface area contributed by atoms with Crippen LogP contribution in [0.5, 0.6) is 5.75 Å². The molecule has 0 saturated carbocycles. The van der Waals surface area contributed by atoms with Crippen LogP contribution in [0.1, 0.15) is 5.56 Å². The highest BCUT2D eigenvalue weighted by molar-refractivity contribution is 9.10. The van der Waals surface area contributed by atoms with Gasteiger partial charge in [-0.05, 0) is 36.8 Å². The molecule has 100 valence electrons. The first-order valence-corrected chi connectivity index (χ1v) is 7.69. The summed E-state index contributed by atoms with van der Waals surface area (Å²) < 4.78 is 7.61. The number of benzene rings is 1. The van der Waals surface area contributed by atoms with Crippen molar-refractivity contribution in [2.75, 3.05) is 12.4 Å². The van der Waals surface area contributed by atoms with E-state index in [1.807, 2.05) is 30.3 Å². The van der Waals surface area contributed by atoms with E-state index < -0.39 is 0 Å². The van der Waals surface area contributed by atoms with Crippen molar-refractivity contribution in [2.45, 2.75) is 6.42 Å². The Hall–Kier alpha value is -1.07. The largest absolute Gasteiger partial charge is 0.497 e. The number of pyridine rings is 1. The third-order valence-corrected chi connectivity index (χ3v) is 3.97. The van der Waals surface area contributed by atoms with E-state index in [0.717, 1.165) is 26.8 Å². The molecular weight excluding hydrogens is 374 g/mol. The molecule has 1 aromatic heterocycles. The number of rotatable bonds is 4. The maximum absolute atomic E-state index is 12.4. The lowest BCUT2D eigenvalue weighted by Crippen LogP contribution is -2.22. The van der Waals surface area contributed by atoms with Gasteiger partial charge in [-0.15, -0.1) is 0 Å². The highest BCUT2D eigenvalue weighted by atomic mass is 79.9. The van der Waals surface area contributed by atoms with E-state index in [2.05, 4.69) is 31.9 Å². The zero-order chi connectivity index (χ0) is 13.8. The Kier molecular flexibility index (Phi) is 4.82. The molecule has 0 aliphatic heterocycles. The van der Waals surface area contributed by atoms with Gasteiger partial charge in [0.1, 0.15) is 5.75 Å². The van der Waals surface area contributed by atoms with Gasteiger partial charge in [-0.2, -0.15) is 0 Å². The summed E-state index contributed by atoms with van der Waals surface area (Å²) >= 11 is 6.79. The second kappa shape index (κ2) is 6.39. The maximum atomic E-state index is 12.4. The van der Waals surface area contributed by atoms with Crippen molar-refractivity contribution >= 4 is 31.9 Å². The predicted octanol–water partition coefficient (Wildman–Crippen LogP) is 3.55. The molecule has 2 rings (SSSR count). The van der Waals surface area contributed by atoms with Gasteiger partial charge in [-0.1, -0.05) is 31.9 Å². The summed E-state index contributed by atoms with van der Waals surface area (Å²) in [4.78, 5) is 12.4. The minimum atomic E-state index is -0.000933. The van der Waals surface area contributed by atoms with E-state index in [-0.39, 0.29) is 5.56 Å². The molecule has 0 bridgehead atoms. The molecule has 5 heteroatoms. The number of ether oxygens (including phenoxy) is 1. The van der Waals surface area contributed by atoms with Crippen molar-refractivity contribution in [3.05, 3.63) is 56.9 Å². The molecule has 0 aliphatic rings. The lowest BCUT2D eigenvalue weighted by atomic mass is 10.2. The molecule has 1 aromatic carbocycles. The fourth-order valence-electron chi connectivity index (χ4n) is 1.82. The molecule has 0 unspecified atom stereocenters. The van der Waals surface area contributed by atoms with E-state index in [1.165, 1.54) is 0 Å². The molecule has 0 amide bonds. The Balaban J connectivity index is 2.50. The van der Waals surface area contributed by atoms with Gasteiger partial charge < -0.3 is 4.74 Å². The number of hydrogen-bond donors (Lipinski definition) is 0. The van der Waals surface area contributed by atoms with Crippen LogP contribution < -0.4 is 10.3 Å². The fraction of sp³-hybridized carbons (Fsp3) is 0.214. The summed E-state index contributed by atoms with van der Waals surface area (Å²) in [5.41, 5.74) is 1.60. The Bertz CT molecular complexity index is 620. The van der Waals surface area contributed by atoms with Gasteiger partial charge in [-0.3, -0.25) is 9.36 Å². The summed E-state index contributed by atoms with van der Waals surface area (Å²) in [5.74, 6) is 0.773. The number of methoxy groups -OCH3 is 1. The van der Waals surface area contributed by atoms with Crippen LogP contribution in [-0.2, 0) is 6.42 Å². The SMILES string of the molecule is COc1ccc(-n2ccc(Br)c(CCBr)c2=O)cc1. The molecule has 0 N–H and O–H groups in total. The lowest BCUT2D eigenvalue weighted by Gasteiger charge is -2.10. The van der Waals surface area contributed by atoms with Crippen molar-refractivity contribution in [3.8, 4) is 11.4 Å². The van der Waals surface area contributed by atoms with E-state index in [4.69, 9.17) is 4.74 Å². The van der Waals surface area contributed by atoms with Crippen LogP contribution in [0.15, 0.2) is 45.8 Å². The molecule has 19 heavy (non-hydrogen) atoms. The van der Waals surface area contributed by atoms with Gasteiger partial charge in [0.25, 0.3) is 5.56 Å². The standard InChI is InChI=1S/C14H13Br2NO2/c1-19-11-4-2-10(3-5-11)17-9-7-13(16)12(6-8-15)14(17)18/h2-5,7,9H,6,8H2,1H3. The van der Waals surface area contributed by atoms with Crippen LogP contribution in [0.2, 0.25) is 0 Å². The quantitative estimate of drug-likeness (QED) is 0.752. The van der Waals surface area contributed by atoms with Crippen LogP contribution >= 0.6 is 31.9 Å². The van der Waals surface area contributed by atoms with Crippen molar-refractivity contribution in [3.63, 3.8) is 0 Å². The van der Waals surface area contributed by atoms with Gasteiger partial charge in [0.05, 0.1) is 7.11 Å². The molecule has 0 spiro atoms. The molecule has 0 radical (unpaired) electrons. The second-order valence-electron chi connectivity index (χ2n) is 3.95. The van der Waals surface area contributed by atoms with Crippen molar-refractivity contribution in [1.82, 2.24) is 4.57 Å². The van der Waals surface area contributed by atoms with Gasteiger partial charge in [0.2, 0.25) is 0 Å². The highest BCUT2D eigenvalue weighted by Gasteiger charge is 2.09. The smallest absolute Gasteiger partial charge is 0.259 e. The first kappa shape index (κ1) is 14.3. The van der Waals surface area contributed by atoms with Gasteiger partial charge in [-0.25, -0.2) is 0 Å². The highest BCUT2D eigenvalue weighted by Crippen LogP contribution is 2.17. The lowest BCUT2D eigenvalue weighted by molar-refractivity contribution is 0.414. The molecular formula is C14H13Br2NO2. The summed E-state index contributed by atoms with van der Waals surface area (Å²) in [5, 5.41) is 0.757. The number of aromatic nitrogens is 1. The molecule has 0 aliphatic carbocycles. The Labute approximate surface area is 128 Å². The van der Waals surface area contributed by atoms with E-state index in [1.54, 1.807) is 17.9 Å². The first-order valence-electron chi connectivity index (χ1n) is 5.78. The van der Waals surface area contributed by atoms with E-state index >= 15 is 0 Å². The average molecular weight is 387 g/mol. The van der Waals surface area contributed by atoms with Gasteiger partial charge in [0, 0.05) is 27.3 Å². The Morgan fingerprint density at radius 3 is 2.47 bits per heavy atom. The summed E-state index contributed by atoms with van der Waals surface area (Å²) in [6, 6.07) is 9.31. The maximum Gasteiger partial charge on any atom is 0.259 e. The minimum absolute atomic E-state index is 0.000933. The average Bonchev–Trinajstić information content (AvgIpc) is 2.44. The number of hydrogen-bond acceptors (Lipinski definition) is 2. The van der Waals surface area contributed by atoms with Crippen molar-refractivity contribution in [2.24, 2.45) is 0 Å². The zero-order valence-electron chi connectivity index (χ0n) is 10.4. The predicted molar refractivity (Wildman–Crippen MR) is 83.8 cm³/mol. The number of nitrogens with zero attached hydrogens (tertiary/aromatic N) is 1. The Morgan fingerprint density at radius 1 is 1.21 bits per heavy atom. The first-order chi connectivity index (χ1) is 9.17. The molecule has 1 heterocycles. The van der Waals surface area contributed by atoms with Crippen LogP contribution in [0.4, 0.5) is 0 Å². The third kappa shape index (κ3) is 3.09. The van der Waals surface area contributed by atoms with E-state index in [9.17, 15) is 4.79 Å². The summed E-state index contributed by atoms with van der Waals surface area (Å²) in [7, 11) is 1.62. The fourth-order valence-corrected chi connectivity index (χ4v) is 2.71. The number of alkyl halides is 1.